The van der Waals surface area contributed by atoms with E-state index in [9.17, 15) is 13.2 Å². The number of aromatic amines is 1. The smallest absolute Gasteiger partial charge is 0.367 e. The molecule has 27 heavy (non-hydrogen) atoms. The zero-order valence-corrected chi connectivity index (χ0v) is 16.0. The van der Waals surface area contributed by atoms with Crippen molar-refractivity contribution >= 4 is 38.8 Å². The van der Waals surface area contributed by atoms with Gasteiger partial charge in [0.05, 0.1) is 0 Å². The highest BCUT2D eigenvalue weighted by Crippen LogP contribution is 2.22. The summed E-state index contributed by atoms with van der Waals surface area (Å²) in [4.78, 5) is 15.2. The summed E-state index contributed by atoms with van der Waals surface area (Å²) < 4.78 is 30.4. The number of rotatable bonds is 6. The number of aromatic nitrogens is 1. The Morgan fingerprint density at radius 3 is 2.59 bits per heavy atom. The first-order chi connectivity index (χ1) is 12.8. The molecule has 3 N–H and O–H groups in total. The van der Waals surface area contributed by atoms with E-state index in [-0.39, 0.29) is 12.3 Å². The van der Waals surface area contributed by atoms with Crippen LogP contribution in [0, 0.1) is 6.92 Å². The van der Waals surface area contributed by atoms with Gasteiger partial charge in [-0.25, -0.2) is 9.52 Å². The van der Waals surface area contributed by atoms with Crippen LogP contribution in [0.2, 0.25) is 5.02 Å². The van der Waals surface area contributed by atoms with Crippen molar-refractivity contribution < 1.29 is 17.4 Å². The molecule has 0 atom stereocenters. The standard InChI is InChI=1S/C18H18ClN3O4S/c1-12-15(16-4-2-3-5-17(16)21-12)10-11-20-18(23)22-27(24,25)26-14-8-6-13(19)7-9-14/h2-9,21H,10-11H2,1H3,(H2,20,22,23). The maximum atomic E-state index is 11.9. The first-order valence-electron chi connectivity index (χ1n) is 8.16. The summed E-state index contributed by atoms with van der Waals surface area (Å²) >= 11 is 5.73. The van der Waals surface area contributed by atoms with Gasteiger partial charge in [0.1, 0.15) is 5.75 Å². The molecular formula is C18H18ClN3O4S. The molecule has 0 unspecified atom stereocenters. The maximum absolute atomic E-state index is 11.9. The van der Waals surface area contributed by atoms with E-state index in [4.69, 9.17) is 15.8 Å². The average molecular weight is 408 g/mol. The molecule has 1 heterocycles. The Morgan fingerprint density at radius 2 is 1.85 bits per heavy atom. The Labute approximate surface area is 161 Å². The molecule has 0 aliphatic rings. The van der Waals surface area contributed by atoms with Crippen LogP contribution >= 0.6 is 11.6 Å². The van der Waals surface area contributed by atoms with Crippen molar-refractivity contribution in [3.05, 3.63) is 64.8 Å². The molecule has 3 rings (SSSR count). The van der Waals surface area contributed by atoms with Crippen molar-refractivity contribution in [2.75, 3.05) is 6.54 Å². The van der Waals surface area contributed by atoms with Crippen LogP contribution in [-0.4, -0.2) is 26.0 Å². The van der Waals surface area contributed by atoms with E-state index >= 15 is 0 Å². The third kappa shape index (κ3) is 4.93. The second kappa shape index (κ2) is 7.89. The monoisotopic (exact) mass is 407 g/mol. The number of halogens is 1. The number of para-hydroxylation sites is 1. The lowest BCUT2D eigenvalue weighted by Crippen LogP contribution is -2.42. The van der Waals surface area contributed by atoms with Crippen LogP contribution in [0.3, 0.4) is 0 Å². The van der Waals surface area contributed by atoms with Crippen molar-refractivity contribution in [1.29, 1.82) is 0 Å². The van der Waals surface area contributed by atoms with Gasteiger partial charge in [0, 0.05) is 28.2 Å². The zero-order chi connectivity index (χ0) is 19.4. The number of carbonyl (C=O) groups excluding carboxylic acids is 1. The van der Waals surface area contributed by atoms with Crippen molar-refractivity contribution in [2.24, 2.45) is 0 Å². The molecule has 3 aromatic rings. The van der Waals surface area contributed by atoms with E-state index in [1.54, 1.807) is 0 Å². The maximum Gasteiger partial charge on any atom is 0.411 e. The van der Waals surface area contributed by atoms with Crippen molar-refractivity contribution in [3.63, 3.8) is 0 Å². The Hall–Kier alpha value is -2.71. The largest absolute Gasteiger partial charge is 0.411 e. The fraction of sp³-hybridized carbons (Fsp3) is 0.167. The lowest BCUT2D eigenvalue weighted by atomic mass is 10.1. The molecule has 1 aromatic heterocycles. The summed E-state index contributed by atoms with van der Waals surface area (Å²) in [7, 11) is -4.29. The summed E-state index contributed by atoms with van der Waals surface area (Å²) in [6.07, 6.45) is 0.557. The van der Waals surface area contributed by atoms with Crippen LogP contribution in [0.15, 0.2) is 48.5 Å². The van der Waals surface area contributed by atoms with E-state index in [1.165, 1.54) is 24.3 Å². The average Bonchev–Trinajstić information content (AvgIpc) is 2.92. The summed E-state index contributed by atoms with van der Waals surface area (Å²) in [6, 6.07) is 12.7. The third-order valence-electron chi connectivity index (χ3n) is 3.92. The van der Waals surface area contributed by atoms with E-state index in [0.717, 1.165) is 22.2 Å². The molecular weight excluding hydrogens is 390 g/mol. The molecule has 0 radical (unpaired) electrons. The molecule has 0 bridgehead atoms. The van der Waals surface area contributed by atoms with E-state index in [0.29, 0.717) is 11.4 Å². The molecule has 0 saturated carbocycles. The number of H-pyrrole nitrogens is 1. The number of hydrogen-bond donors (Lipinski definition) is 3. The highest BCUT2D eigenvalue weighted by atomic mass is 35.5. The van der Waals surface area contributed by atoms with Crippen LogP contribution in [-0.2, 0) is 16.7 Å². The van der Waals surface area contributed by atoms with E-state index in [1.807, 2.05) is 35.9 Å². The topological polar surface area (TPSA) is 100 Å². The highest BCUT2D eigenvalue weighted by molar-refractivity contribution is 7.85. The Morgan fingerprint density at radius 1 is 1.15 bits per heavy atom. The van der Waals surface area contributed by atoms with Gasteiger partial charge in [-0.15, -0.1) is 0 Å². The van der Waals surface area contributed by atoms with Gasteiger partial charge in [0.25, 0.3) is 0 Å². The Kier molecular flexibility index (Phi) is 5.57. The first kappa shape index (κ1) is 19.1. The molecule has 0 spiro atoms. The quantitative estimate of drug-likeness (QED) is 0.583. The van der Waals surface area contributed by atoms with Gasteiger partial charge in [-0.05, 0) is 49.2 Å². The van der Waals surface area contributed by atoms with E-state index in [2.05, 4.69) is 10.3 Å². The number of fused-ring (bicyclic) bond motifs is 1. The number of nitrogens with one attached hydrogen (secondary N) is 3. The van der Waals surface area contributed by atoms with Crippen LogP contribution in [0.4, 0.5) is 4.79 Å². The number of amides is 2. The van der Waals surface area contributed by atoms with Crippen LogP contribution in [0.5, 0.6) is 5.75 Å². The van der Waals surface area contributed by atoms with Crippen molar-refractivity contribution in [3.8, 4) is 5.75 Å². The Bertz CT molecular complexity index is 1060. The molecule has 7 nitrogen and oxygen atoms in total. The molecule has 2 aromatic carbocycles. The second-order valence-corrected chi connectivity index (χ2v) is 7.59. The number of hydrogen-bond acceptors (Lipinski definition) is 4. The molecule has 0 saturated heterocycles. The molecule has 9 heteroatoms. The van der Waals surface area contributed by atoms with Crippen LogP contribution in [0.25, 0.3) is 10.9 Å². The zero-order valence-electron chi connectivity index (χ0n) is 14.5. The minimum absolute atomic E-state index is 0.0501. The normalized spacial score (nSPS) is 11.3. The highest BCUT2D eigenvalue weighted by Gasteiger charge is 2.17. The summed E-state index contributed by atoms with van der Waals surface area (Å²) in [6.45, 7) is 2.23. The minimum Gasteiger partial charge on any atom is -0.367 e. The van der Waals surface area contributed by atoms with Crippen LogP contribution in [0.1, 0.15) is 11.3 Å². The second-order valence-electron chi connectivity index (χ2n) is 5.87. The fourth-order valence-electron chi connectivity index (χ4n) is 2.75. The van der Waals surface area contributed by atoms with Crippen LogP contribution < -0.4 is 14.2 Å². The number of carbonyl (C=O) groups is 1. The first-order valence-corrected chi connectivity index (χ1v) is 9.94. The summed E-state index contributed by atoms with van der Waals surface area (Å²) in [5.74, 6) is 0.0501. The number of aryl methyl sites for hydroxylation is 1. The lowest BCUT2D eigenvalue weighted by molar-refractivity contribution is 0.245. The van der Waals surface area contributed by atoms with E-state index < -0.39 is 16.3 Å². The predicted molar refractivity (Wildman–Crippen MR) is 104 cm³/mol. The number of urea groups is 1. The van der Waals surface area contributed by atoms with Gasteiger partial charge >= 0.3 is 16.3 Å². The SMILES string of the molecule is Cc1[nH]c2ccccc2c1CCNC(=O)NS(=O)(=O)Oc1ccc(Cl)cc1. The Balaban J connectivity index is 1.54. The third-order valence-corrected chi connectivity index (χ3v) is 5.02. The number of benzene rings is 2. The summed E-state index contributed by atoms with van der Waals surface area (Å²) in [5.41, 5.74) is 3.11. The van der Waals surface area contributed by atoms with Gasteiger partial charge in [0.2, 0.25) is 0 Å². The van der Waals surface area contributed by atoms with Gasteiger partial charge in [-0.3, -0.25) is 0 Å². The fourth-order valence-corrected chi connectivity index (χ4v) is 3.58. The molecule has 0 aliphatic heterocycles. The molecule has 0 fully saturated rings. The summed E-state index contributed by atoms with van der Waals surface area (Å²) in [5, 5.41) is 4.04. The lowest BCUT2D eigenvalue weighted by Gasteiger charge is -2.09. The van der Waals surface area contributed by atoms with Crippen molar-refractivity contribution in [2.45, 2.75) is 13.3 Å². The molecule has 0 aliphatic carbocycles. The predicted octanol–water partition coefficient (Wildman–Crippen LogP) is 3.30. The van der Waals surface area contributed by atoms with Gasteiger partial charge in [-0.2, -0.15) is 8.42 Å². The van der Waals surface area contributed by atoms with Gasteiger partial charge in [-0.1, -0.05) is 29.8 Å². The molecule has 2 amide bonds. The molecule has 142 valence electrons. The van der Waals surface area contributed by atoms with Gasteiger partial charge in [0.15, 0.2) is 0 Å². The minimum atomic E-state index is -4.29. The van der Waals surface area contributed by atoms with Gasteiger partial charge < -0.3 is 14.5 Å². The van der Waals surface area contributed by atoms with Crippen molar-refractivity contribution in [1.82, 2.24) is 15.0 Å².